The molecular formula is C11H14FN3O3S. The molecule has 8 heteroatoms. The number of hydrogen-bond acceptors (Lipinski definition) is 4. The minimum absolute atomic E-state index is 0.160. The Kier molecular flexibility index (Phi) is 3.72. The van der Waals surface area contributed by atoms with Crippen LogP contribution >= 0.6 is 0 Å². The van der Waals surface area contributed by atoms with E-state index in [0.29, 0.717) is 0 Å². The Morgan fingerprint density at radius 2 is 2.11 bits per heavy atom. The summed E-state index contributed by atoms with van der Waals surface area (Å²) >= 11 is 0. The Hall–Kier alpha value is -1.67. The van der Waals surface area contributed by atoms with E-state index in [1.54, 1.807) is 0 Å². The van der Waals surface area contributed by atoms with Gasteiger partial charge in [-0.05, 0) is 31.0 Å². The minimum atomic E-state index is -3.92. The number of nitrogens with one attached hydrogen (secondary N) is 2. The number of rotatable bonds is 5. The van der Waals surface area contributed by atoms with Crippen molar-refractivity contribution < 1.29 is 17.6 Å². The largest absolute Gasteiger partial charge is 0.398 e. The molecule has 1 aromatic rings. The van der Waals surface area contributed by atoms with Crippen molar-refractivity contribution in [3.63, 3.8) is 0 Å². The summed E-state index contributed by atoms with van der Waals surface area (Å²) in [5.41, 5.74) is 5.25. The molecule has 2 rings (SSSR count). The van der Waals surface area contributed by atoms with Gasteiger partial charge in [-0.25, -0.2) is 17.5 Å². The van der Waals surface area contributed by atoms with Crippen molar-refractivity contribution in [3.05, 3.63) is 24.0 Å². The number of hydrogen-bond donors (Lipinski definition) is 3. The smallest absolute Gasteiger partial charge is 0.243 e. The number of amides is 1. The highest BCUT2D eigenvalue weighted by Gasteiger charge is 2.24. The summed E-state index contributed by atoms with van der Waals surface area (Å²) in [6, 6.07) is 3.13. The third kappa shape index (κ3) is 3.65. The molecule has 0 radical (unpaired) electrons. The topological polar surface area (TPSA) is 101 Å². The lowest BCUT2D eigenvalue weighted by Crippen LogP contribution is -2.38. The van der Waals surface area contributed by atoms with Crippen LogP contribution in [0.5, 0.6) is 0 Å². The Morgan fingerprint density at radius 3 is 2.68 bits per heavy atom. The first kappa shape index (κ1) is 13.8. The van der Waals surface area contributed by atoms with E-state index >= 15 is 0 Å². The first-order valence-electron chi connectivity index (χ1n) is 5.72. The van der Waals surface area contributed by atoms with E-state index in [4.69, 9.17) is 5.73 Å². The van der Waals surface area contributed by atoms with Gasteiger partial charge in [0.25, 0.3) is 0 Å². The molecule has 6 nitrogen and oxygen atoms in total. The van der Waals surface area contributed by atoms with E-state index in [1.807, 2.05) is 0 Å². The molecule has 1 saturated carbocycles. The molecular weight excluding hydrogens is 273 g/mol. The van der Waals surface area contributed by atoms with E-state index in [9.17, 15) is 17.6 Å². The molecule has 1 fully saturated rings. The zero-order valence-corrected chi connectivity index (χ0v) is 10.8. The van der Waals surface area contributed by atoms with Crippen molar-refractivity contribution in [2.45, 2.75) is 23.8 Å². The van der Waals surface area contributed by atoms with Crippen LogP contribution in [0.25, 0.3) is 0 Å². The van der Waals surface area contributed by atoms with Crippen LogP contribution in [0.1, 0.15) is 12.8 Å². The van der Waals surface area contributed by atoms with Crippen LogP contribution in [-0.2, 0) is 14.8 Å². The first-order chi connectivity index (χ1) is 8.88. The maximum absolute atomic E-state index is 12.8. The van der Waals surface area contributed by atoms with Crippen LogP contribution in [0.4, 0.5) is 10.1 Å². The lowest BCUT2D eigenvalue weighted by atomic mass is 10.3. The number of carbonyl (C=O) groups excluding carboxylic acids is 1. The van der Waals surface area contributed by atoms with E-state index in [-0.39, 0.29) is 23.2 Å². The van der Waals surface area contributed by atoms with Crippen molar-refractivity contribution in [1.82, 2.24) is 10.0 Å². The Bertz CT molecular complexity index is 599. The molecule has 0 unspecified atom stereocenters. The first-order valence-corrected chi connectivity index (χ1v) is 7.21. The van der Waals surface area contributed by atoms with E-state index in [2.05, 4.69) is 10.0 Å². The number of nitrogens with two attached hydrogens (primary N) is 1. The fourth-order valence-electron chi connectivity index (χ4n) is 1.51. The maximum Gasteiger partial charge on any atom is 0.243 e. The Labute approximate surface area is 110 Å². The average molecular weight is 287 g/mol. The average Bonchev–Trinajstić information content (AvgIpc) is 3.10. The minimum Gasteiger partial charge on any atom is -0.398 e. The lowest BCUT2D eigenvalue weighted by Gasteiger charge is -2.09. The normalized spacial score (nSPS) is 15.2. The molecule has 0 saturated heterocycles. The zero-order chi connectivity index (χ0) is 14.0. The highest BCUT2D eigenvalue weighted by atomic mass is 32.2. The van der Waals surface area contributed by atoms with Crippen molar-refractivity contribution in [2.24, 2.45) is 0 Å². The third-order valence-corrected chi connectivity index (χ3v) is 4.10. The summed E-state index contributed by atoms with van der Waals surface area (Å²) in [5, 5.41) is 2.64. The third-order valence-electron chi connectivity index (χ3n) is 2.63. The summed E-state index contributed by atoms with van der Waals surface area (Å²) in [4.78, 5) is 11.1. The van der Waals surface area contributed by atoms with Gasteiger partial charge in [-0.15, -0.1) is 0 Å². The van der Waals surface area contributed by atoms with Gasteiger partial charge in [-0.1, -0.05) is 0 Å². The summed E-state index contributed by atoms with van der Waals surface area (Å²) in [7, 11) is -3.92. The quantitative estimate of drug-likeness (QED) is 0.662. The molecule has 1 amide bonds. The highest BCUT2D eigenvalue weighted by Crippen LogP contribution is 2.19. The molecule has 0 heterocycles. The van der Waals surface area contributed by atoms with Gasteiger partial charge in [0.1, 0.15) is 10.7 Å². The van der Waals surface area contributed by atoms with Gasteiger partial charge >= 0.3 is 0 Å². The van der Waals surface area contributed by atoms with Crippen LogP contribution in [0.2, 0.25) is 0 Å². The summed E-state index contributed by atoms with van der Waals surface area (Å²) < 4.78 is 38.7. The number of anilines is 1. The summed E-state index contributed by atoms with van der Waals surface area (Å²) in [6.45, 7) is -0.365. The number of nitrogen functional groups attached to an aromatic ring is 1. The second-order valence-electron chi connectivity index (χ2n) is 4.35. The molecule has 104 valence electrons. The highest BCUT2D eigenvalue weighted by molar-refractivity contribution is 7.89. The van der Waals surface area contributed by atoms with E-state index in [1.165, 1.54) is 0 Å². The predicted molar refractivity (Wildman–Crippen MR) is 67.2 cm³/mol. The molecule has 0 aliphatic heterocycles. The van der Waals surface area contributed by atoms with Crippen molar-refractivity contribution in [3.8, 4) is 0 Å². The van der Waals surface area contributed by atoms with Gasteiger partial charge in [-0.3, -0.25) is 4.79 Å². The monoisotopic (exact) mass is 287 g/mol. The van der Waals surface area contributed by atoms with Gasteiger partial charge in [-0.2, -0.15) is 0 Å². The second-order valence-corrected chi connectivity index (χ2v) is 6.08. The van der Waals surface area contributed by atoms with Gasteiger partial charge in [0.2, 0.25) is 15.9 Å². The molecule has 1 aliphatic rings. The van der Waals surface area contributed by atoms with Gasteiger partial charge < -0.3 is 11.1 Å². The van der Waals surface area contributed by atoms with Crippen molar-refractivity contribution in [1.29, 1.82) is 0 Å². The van der Waals surface area contributed by atoms with Crippen molar-refractivity contribution in [2.75, 3.05) is 12.3 Å². The summed E-state index contributed by atoms with van der Waals surface area (Å²) in [6.07, 6.45) is 1.84. The van der Waals surface area contributed by atoms with Crippen LogP contribution in [-0.4, -0.2) is 26.9 Å². The zero-order valence-electron chi connectivity index (χ0n) is 10.0. The van der Waals surface area contributed by atoms with Gasteiger partial charge in [0, 0.05) is 6.04 Å². The molecule has 19 heavy (non-hydrogen) atoms. The fourth-order valence-corrected chi connectivity index (χ4v) is 2.60. The number of carbonyl (C=O) groups is 1. The predicted octanol–water partition coefficient (Wildman–Crippen LogP) is -0.0352. The molecule has 1 aromatic carbocycles. The fraction of sp³-hybridized carbons (Fsp3) is 0.364. The molecule has 1 aliphatic carbocycles. The number of sulfonamides is 1. The van der Waals surface area contributed by atoms with Crippen LogP contribution in [0, 0.1) is 5.82 Å². The van der Waals surface area contributed by atoms with E-state index < -0.39 is 21.7 Å². The van der Waals surface area contributed by atoms with Crippen LogP contribution in [0.15, 0.2) is 23.1 Å². The van der Waals surface area contributed by atoms with Crippen LogP contribution in [0.3, 0.4) is 0 Å². The van der Waals surface area contributed by atoms with Gasteiger partial charge in [0.15, 0.2) is 0 Å². The van der Waals surface area contributed by atoms with Gasteiger partial charge in [0.05, 0.1) is 12.2 Å². The standard InChI is InChI=1S/C11H14FN3O3S/c12-7-1-4-10(9(13)5-7)19(17,18)14-6-11(16)15-8-2-3-8/h1,4-5,8,14H,2-3,6,13H2,(H,15,16). The molecule has 4 N–H and O–H groups in total. The second kappa shape index (κ2) is 5.14. The molecule has 0 spiro atoms. The number of halogens is 1. The van der Waals surface area contributed by atoms with E-state index in [0.717, 1.165) is 31.0 Å². The number of benzene rings is 1. The molecule has 0 atom stereocenters. The Morgan fingerprint density at radius 1 is 1.42 bits per heavy atom. The summed E-state index contributed by atoms with van der Waals surface area (Å²) in [5.74, 6) is -1.02. The van der Waals surface area contributed by atoms with Crippen LogP contribution < -0.4 is 15.8 Å². The lowest BCUT2D eigenvalue weighted by molar-refractivity contribution is -0.120. The Balaban J connectivity index is 2.02. The SMILES string of the molecule is Nc1cc(F)ccc1S(=O)(=O)NCC(=O)NC1CC1. The molecule has 0 aromatic heterocycles. The van der Waals surface area contributed by atoms with Crippen molar-refractivity contribution >= 4 is 21.6 Å². The molecule has 0 bridgehead atoms. The maximum atomic E-state index is 12.8.